The normalized spacial score (nSPS) is 12.1. The summed E-state index contributed by atoms with van der Waals surface area (Å²) in [6.45, 7) is 6.00. The van der Waals surface area contributed by atoms with E-state index in [1.807, 2.05) is 20.8 Å². The highest BCUT2D eigenvalue weighted by Crippen LogP contribution is 2.35. The van der Waals surface area contributed by atoms with Crippen LogP contribution in [0.15, 0.2) is 41.3 Å². The van der Waals surface area contributed by atoms with E-state index in [2.05, 4.69) is 15.2 Å². The van der Waals surface area contributed by atoms with Crippen molar-refractivity contribution >= 4 is 5.65 Å². The number of hydrogen-bond donors (Lipinski definition) is 0. The summed E-state index contributed by atoms with van der Waals surface area (Å²) in [5, 5.41) is 8.34. The highest BCUT2D eigenvalue weighted by molar-refractivity contribution is 5.77. The van der Waals surface area contributed by atoms with Crippen LogP contribution in [-0.2, 0) is 5.41 Å². The zero-order valence-corrected chi connectivity index (χ0v) is 14.8. The van der Waals surface area contributed by atoms with Crippen LogP contribution >= 0.6 is 0 Å². The van der Waals surface area contributed by atoms with Crippen LogP contribution in [0.5, 0.6) is 0 Å². The fraction of sp³-hybridized carbons (Fsp3) is 0.211. The summed E-state index contributed by atoms with van der Waals surface area (Å²) in [5.74, 6) is -2.22. The van der Waals surface area contributed by atoms with Gasteiger partial charge in [-0.3, -0.25) is 4.40 Å². The molecule has 138 valence electrons. The molecule has 0 aliphatic carbocycles. The summed E-state index contributed by atoms with van der Waals surface area (Å²) < 4.78 is 48.8. The molecular weight excluding hydrogens is 357 g/mol. The first kappa shape index (κ1) is 17.3. The van der Waals surface area contributed by atoms with Crippen LogP contribution in [0.1, 0.15) is 26.6 Å². The van der Waals surface area contributed by atoms with E-state index in [1.165, 1.54) is 0 Å². The van der Waals surface area contributed by atoms with E-state index in [0.717, 1.165) is 12.2 Å². The highest BCUT2D eigenvalue weighted by atomic mass is 19.1. The van der Waals surface area contributed by atoms with E-state index in [1.54, 1.807) is 22.7 Å². The molecule has 1 aromatic carbocycles. The Bertz CT molecular complexity index is 1130. The largest absolute Gasteiger partial charge is 0.443 e. The molecule has 4 rings (SSSR count). The van der Waals surface area contributed by atoms with Gasteiger partial charge in [-0.15, -0.1) is 10.2 Å². The van der Waals surface area contributed by atoms with Gasteiger partial charge in [0.15, 0.2) is 17.8 Å². The van der Waals surface area contributed by atoms with Crippen LogP contribution in [0.25, 0.3) is 28.2 Å². The summed E-state index contributed by atoms with van der Waals surface area (Å²) >= 11 is 0. The molecule has 0 N–H and O–H groups in total. The zero-order chi connectivity index (χ0) is 19.3. The molecule has 4 aromatic rings. The molecule has 0 unspecified atom stereocenters. The van der Waals surface area contributed by atoms with E-state index in [0.29, 0.717) is 23.3 Å². The lowest BCUT2D eigenvalue weighted by Gasteiger charge is -2.15. The third-order valence-corrected chi connectivity index (χ3v) is 4.15. The van der Waals surface area contributed by atoms with Gasteiger partial charge in [-0.2, -0.15) is 0 Å². The predicted molar refractivity (Wildman–Crippen MR) is 92.5 cm³/mol. The number of oxazole rings is 1. The lowest BCUT2D eigenvalue weighted by Crippen LogP contribution is -2.15. The zero-order valence-electron chi connectivity index (χ0n) is 14.8. The average molecular weight is 372 g/mol. The van der Waals surface area contributed by atoms with Crippen molar-refractivity contribution in [1.82, 2.24) is 19.6 Å². The first-order valence-corrected chi connectivity index (χ1v) is 8.20. The van der Waals surface area contributed by atoms with E-state index in [4.69, 9.17) is 4.42 Å². The maximum absolute atomic E-state index is 14.2. The van der Waals surface area contributed by atoms with Crippen LogP contribution in [0.4, 0.5) is 13.2 Å². The van der Waals surface area contributed by atoms with Gasteiger partial charge in [0.25, 0.3) is 0 Å². The molecule has 3 aromatic heterocycles. The minimum Gasteiger partial charge on any atom is -0.443 e. The molecule has 0 aliphatic heterocycles. The van der Waals surface area contributed by atoms with Gasteiger partial charge in [-0.05, 0) is 12.1 Å². The standard InChI is InChI=1S/C19H15F3N4O/c1-19(2,3)18-25-24-14-5-4-10(8-26(14)18)17-16(23-9-27-17)15-12(21)6-11(20)7-13(15)22/h4-9H,1-3H3. The molecule has 0 aliphatic rings. The Balaban J connectivity index is 1.91. The minimum atomic E-state index is -1.05. The molecule has 5 nitrogen and oxygen atoms in total. The second-order valence-corrected chi connectivity index (χ2v) is 7.19. The van der Waals surface area contributed by atoms with E-state index < -0.39 is 23.0 Å². The second-order valence-electron chi connectivity index (χ2n) is 7.19. The van der Waals surface area contributed by atoms with Crippen molar-refractivity contribution < 1.29 is 17.6 Å². The van der Waals surface area contributed by atoms with Crippen molar-refractivity contribution in [2.45, 2.75) is 26.2 Å². The third kappa shape index (κ3) is 2.87. The summed E-state index contributed by atoms with van der Waals surface area (Å²) in [6.07, 6.45) is 2.81. The monoisotopic (exact) mass is 372 g/mol. The lowest BCUT2D eigenvalue weighted by atomic mass is 9.96. The summed E-state index contributed by atoms with van der Waals surface area (Å²) in [4.78, 5) is 3.94. The van der Waals surface area contributed by atoms with Gasteiger partial charge in [-0.25, -0.2) is 18.2 Å². The molecule has 0 radical (unpaired) electrons. The Hall–Kier alpha value is -3.16. The van der Waals surface area contributed by atoms with Gasteiger partial charge in [0.1, 0.15) is 29.0 Å². The number of hydrogen-bond acceptors (Lipinski definition) is 4. The van der Waals surface area contributed by atoms with Gasteiger partial charge in [-0.1, -0.05) is 20.8 Å². The van der Waals surface area contributed by atoms with Gasteiger partial charge in [0.2, 0.25) is 0 Å². The molecule has 0 saturated heterocycles. The van der Waals surface area contributed by atoms with Crippen molar-refractivity contribution in [3.63, 3.8) is 0 Å². The maximum Gasteiger partial charge on any atom is 0.182 e. The molecular formula is C19H15F3N4O. The fourth-order valence-electron chi connectivity index (χ4n) is 2.93. The van der Waals surface area contributed by atoms with Gasteiger partial charge >= 0.3 is 0 Å². The Kier molecular flexibility index (Phi) is 3.80. The van der Waals surface area contributed by atoms with Gasteiger partial charge in [0.05, 0.1) is 5.56 Å². The fourth-order valence-corrected chi connectivity index (χ4v) is 2.93. The summed E-state index contributed by atoms with van der Waals surface area (Å²) in [5.41, 5.74) is 0.402. The Morgan fingerprint density at radius 3 is 2.37 bits per heavy atom. The molecule has 0 bridgehead atoms. The quantitative estimate of drug-likeness (QED) is 0.509. The smallest absolute Gasteiger partial charge is 0.182 e. The molecule has 3 heterocycles. The van der Waals surface area contributed by atoms with Crippen LogP contribution in [0, 0.1) is 17.5 Å². The summed E-state index contributed by atoms with van der Waals surface area (Å²) in [6, 6.07) is 4.64. The highest BCUT2D eigenvalue weighted by Gasteiger charge is 2.24. The SMILES string of the molecule is CC(C)(C)c1nnc2ccc(-c3ocnc3-c3c(F)cc(F)cc3F)cn12. The molecule has 8 heteroatoms. The van der Waals surface area contributed by atoms with Crippen molar-refractivity contribution in [2.75, 3.05) is 0 Å². The van der Waals surface area contributed by atoms with Crippen LogP contribution < -0.4 is 0 Å². The van der Waals surface area contributed by atoms with Crippen molar-refractivity contribution in [1.29, 1.82) is 0 Å². The Labute approximate surface area is 152 Å². The van der Waals surface area contributed by atoms with E-state index >= 15 is 0 Å². The first-order valence-electron chi connectivity index (χ1n) is 8.20. The van der Waals surface area contributed by atoms with E-state index in [-0.39, 0.29) is 16.9 Å². The number of halogens is 3. The minimum absolute atomic E-state index is 0.0465. The number of fused-ring (bicyclic) bond motifs is 1. The number of pyridine rings is 1. The molecule has 0 amide bonds. The topological polar surface area (TPSA) is 56.2 Å². The van der Waals surface area contributed by atoms with Crippen molar-refractivity contribution in [3.8, 4) is 22.6 Å². The molecule has 27 heavy (non-hydrogen) atoms. The Morgan fingerprint density at radius 2 is 1.70 bits per heavy atom. The number of benzene rings is 1. The van der Waals surface area contributed by atoms with Crippen molar-refractivity contribution in [3.05, 3.63) is 60.1 Å². The molecule has 0 spiro atoms. The maximum atomic E-state index is 14.2. The molecule has 0 saturated carbocycles. The van der Waals surface area contributed by atoms with Crippen LogP contribution in [-0.4, -0.2) is 19.6 Å². The van der Waals surface area contributed by atoms with E-state index in [9.17, 15) is 13.2 Å². The molecule has 0 fully saturated rings. The van der Waals surface area contributed by atoms with Crippen molar-refractivity contribution in [2.24, 2.45) is 0 Å². The second kappa shape index (κ2) is 5.94. The van der Waals surface area contributed by atoms with Gasteiger partial charge in [0, 0.05) is 29.3 Å². The van der Waals surface area contributed by atoms with Crippen LogP contribution in [0.3, 0.4) is 0 Å². The lowest BCUT2D eigenvalue weighted by molar-refractivity contribution is 0.538. The molecule has 0 atom stereocenters. The number of rotatable bonds is 2. The number of nitrogens with zero attached hydrogens (tertiary/aromatic N) is 4. The predicted octanol–water partition coefficient (Wildman–Crippen LogP) is 4.77. The van der Waals surface area contributed by atoms with Gasteiger partial charge < -0.3 is 4.42 Å². The van der Waals surface area contributed by atoms with Crippen LogP contribution in [0.2, 0.25) is 0 Å². The average Bonchev–Trinajstić information content (AvgIpc) is 3.19. The summed E-state index contributed by atoms with van der Waals surface area (Å²) in [7, 11) is 0. The first-order chi connectivity index (χ1) is 12.8. The number of aromatic nitrogens is 4. The third-order valence-electron chi connectivity index (χ3n) is 4.15. The Morgan fingerprint density at radius 1 is 1.00 bits per heavy atom.